The number of aromatic nitrogens is 2. The Bertz CT molecular complexity index is 1410. The number of carbonyl (C=O) groups excluding carboxylic acids is 2. The summed E-state index contributed by atoms with van der Waals surface area (Å²) in [5, 5.41) is 5.90. The van der Waals surface area contributed by atoms with Crippen LogP contribution >= 0.6 is 11.6 Å². The maximum absolute atomic E-state index is 13.0. The van der Waals surface area contributed by atoms with Crippen LogP contribution in [0.15, 0.2) is 60.6 Å². The third-order valence-electron chi connectivity index (χ3n) is 6.99. The number of carbonyl (C=O) groups is 2. The lowest BCUT2D eigenvalue weighted by Gasteiger charge is -2.24. The molecule has 0 aliphatic heterocycles. The fourth-order valence-electron chi connectivity index (χ4n) is 4.56. The number of anilines is 1. The number of halogens is 1. The number of nitrogens with one attached hydrogen (secondary N) is 2. The number of ether oxygens (including phenoxy) is 3. The summed E-state index contributed by atoms with van der Waals surface area (Å²) >= 11 is 6.48. The first kappa shape index (κ1) is 26.6. The van der Waals surface area contributed by atoms with E-state index in [9.17, 15) is 9.59 Å². The Balaban J connectivity index is 1.23. The molecular weight excluding hydrogens is 520 g/mol. The maximum atomic E-state index is 13.0. The first-order valence-electron chi connectivity index (χ1n) is 12.7. The Hall–Kier alpha value is -3.95. The van der Waals surface area contributed by atoms with Crippen molar-refractivity contribution in [3.05, 3.63) is 82.5 Å². The third kappa shape index (κ3) is 5.74. The minimum atomic E-state index is -1.07. The van der Waals surface area contributed by atoms with E-state index in [1.54, 1.807) is 32.5 Å². The van der Waals surface area contributed by atoms with Crippen LogP contribution in [-0.4, -0.2) is 48.7 Å². The summed E-state index contributed by atoms with van der Waals surface area (Å²) in [7, 11) is 3.21. The minimum Gasteiger partial charge on any atom is -0.498 e. The van der Waals surface area contributed by atoms with Crippen molar-refractivity contribution in [1.29, 1.82) is 0 Å². The lowest BCUT2D eigenvalue weighted by molar-refractivity contribution is -0.134. The first-order chi connectivity index (χ1) is 18.9. The summed E-state index contributed by atoms with van der Waals surface area (Å²) in [6, 6.07) is 13.2. The molecule has 0 saturated heterocycles. The fraction of sp³-hybridized carbons (Fsp3) is 0.310. The number of hydrogen-bond donors (Lipinski definition) is 2. The van der Waals surface area contributed by atoms with Crippen LogP contribution in [0.2, 0.25) is 5.02 Å². The van der Waals surface area contributed by atoms with Gasteiger partial charge < -0.3 is 24.8 Å². The molecule has 3 aromatic rings. The van der Waals surface area contributed by atoms with Gasteiger partial charge in [-0.2, -0.15) is 0 Å². The highest BCUT2D eigenvalue weighted by Gasteiger charge is 2.56. The SMILES string of the molecule is COC1=Cc2nccc(Oc3ncc(NC(=O)C4(C(=O)NCCc5ccccc5)CC4)cc3Cl)c2CC1OC. The number of nitrogens with zero attached hydrogens (tertiary/aromatic N) is 2. The minimum absolute atomic E-state index is 0.179. The average molecular weight is 549 g/mol. The molecule has 2 aromatic heterocycles. The molecule has 2 aliphatic carbocycles. The van der Waals surface area contributed by atoms with Crippen LogP contribution in [0.3, 0.4) is 0 Å². The topological polar surface area (TPSA) is 112 Å². The van der Waals surface area contributed by atoms with E-state index >= 15 is 0 Å². The smallest absolute Gasteiger partial charge is 0.240 e. The molecule has 9 nitrogen and oxygen atoms in total. The van der Waals surface area contributed by atoms with Gasteiger partial charge in [-0.3, -0.25) is 14.6 Å². The number of amides is 2. The molecule has 1 aromatic carbocycles. The molecule has 10 heteroatoms. The first-order valence-corrected chi connectivity index (χ1v) is 13.0. The summed E-state index contributed by atoms with van der Waals surface area (Å²) in [5.74, 6) is 0.768. The van der Waals surface area contributed by atoms with Gasteiger partial charge in [0, 0.05) is 37.9 Å². The van der Waals surface area contributed by atoms with Gasteiger partial charge in [-0.25, -0.2) is 4.98 Å². The molecule has 5 rings (SSSR count). The molecule has 39 heavy (non-hydrogen) atoms. The number of pyridine rings is 2. The van der Waals surface area contributed by atoms with Gasteiger partial charge in [-0.15, -0.1) is 0 Å². The van der Waals surface area contributed by atoms with Gasteiger partial charge in [0.05, 0.1) is 24.7 Å². The van der Waals surface area contributed by atoms with Crippen LogP contribution in [0.1, 0.15) is 29.7 Å². The van der Waals surface area contributed by atoms with Crippen LogP contribution in [0.25, 0.3) is 6.08 Å². The molecular formula is C29H29ClN4O5. The summed E-state index contributed by atoms with van der Waals surface area (Å²) in [4.78, 5) is 34.6. The van der Waals surface area contributed by atoms with Gasteiger partial charge >= 0.3 is 0 Å². The monoisotopic (exact) mass is 548 g/mol. The van der Waals surface area contributed by atoms with Gasteiger partial charge in [0.1, 0.15) is 28.1 Å². The highest BCUT2D eigenvalue weighted by Crippen LogP contribution is 2.47. The van der Waals surface area contributed by atoms with Gasteiger partial charge in [0.25, 0.3) is 0 Å². The van der Waals surface area contributed by atoms with E-state index < -0.39 is 5.41 Å². The van der Waals surface area contributed by atoms with E-state index in [4.69, 9.17) is 25.8 Å². The van der Waals surface area contributed by atoms with Crippen LogP contribution < -0.4 is 15.4 Å². The fourth-order valence-corrected chi connectivity index (χ4v) is 4.76. The van der Waals surface area contributed by atoms with Crippen molar-refractivity contribution < 1.29 is 23.8 Å². The average Bonchev–Trinajstić information content (AvgIpc) is 3.77. The Morgan fingerprint density at radius 3 is 2.59 bits per heavy atom. The van der Waals surface area contributed by atoms with Gasteiger partial charge in [0.2, 0.25) is 17.7 Å². The summed E-state index contributed by atoms with van der Waals surface area (Å²) in [5.41, 5.74) is 1.99. The van der Waals surface area contributed by atoms with Gasteiger partial charge in [-0.1, -0.05) is 41.9 Å². The van der Waals surface area contributed by atoms with E-state index in [2.05, 4.69) is 20.6 Å². The molecule has 202 valence electrons. The van der Waals surface area contributed by atoms with Crippen LogP contribution in [0, 0.1) is 5.41 Å². The zero-order chi connectivity index (χ0) is 27.4. The Morgan fingerprint density at radius 2 is 1.90 bits per heavy atom. The quantitative estimate of drug-likeness (QED) is 0.357. The predicted octanol–water partition coefficient (Wildman–Crippen LogP) is 4.56. The van der Waals surface area contributed by atoms with Crippen molar-refractivity contribution in [2.75, 3.05) is 26.1 Å². The zero-order valence-electron chi connectivity index (χ0n) is 21.7. The van der Waals surface area contributed by atoms with Crippen molar-refractivity contribution in [3.8, 4) is 11.6 Å². The molecule has 0 bridgehead atoms. The van der Waals surface area contributed by atoms with E-state index in [1.165, 1.54) is 6.20 Å². The lowest BCUT2D eigenvalue weighted by Crippen LogP contribution is -2.40. The zero-order valence-corrected chi connectivity index (χ0v) is 22.5. The second-order valence-electron chi connectivity index (χ2n) is 9.49. The highest BCUT2D eigenvalue weighted by atomic mass is 35.5. The largest absolute Gasteiger partial charge is 0.498 e. The van der Waals surface area contributed by atoms with Crippen molar-refractivity contribution in [1.82, 2.24) is 15.3 Å². The van der Waals surface area contributed by atoms with E-state index in [0.29, 0.717) is 49.4 Å². The van der Waals surface area contributed by atoms with E-state index in [-0.39, 0.29) is 28.8 Å². The Morgan fingerprint density at radius 1 is 1.10 bits per heavy atom. The van der Waals surface area contributed by atoms with Crippen molar-refractivity contribution >= 4 is 35.2 Å². The number of rotatable bonds is 10. The highest BCUT2D eigenvalue weighted by molar-refractivity contribution is 6.32. The van der Waals surface area contributed by atoms with Crippen molar-refractivity contribution in [3.63, 3.8) is 0 Å². The number of benzene rings is 1. The molecule has 2 heterocycles. The summed E-state index contributed by atoms with van der Waals surface area (Å²) in [6.07, 6.45) is 6.84. The van der Waals surface area contributed by atoms with Crippen LogP contribution in [0.5, 0.6) is 11.6 Å². The molecule has 2 aliphatic rings. The molecule has 2 amide bonds. The Kier molecular flexibility index (Phi) is 7.81. The van der Waals surface area contributed by atoms with Crippen LogP contribution in [-0.2, 0) is 31.9 Å². The predicted molar refractivity (Wildman–Crippen MR) is 146 cm³/mol. The molecule has 0 spiro atoms. The standard InChI is InChI=1S/C29H29ClN4O5/c1-37-24-15-20-22(16-25(24)38-2)31-13-9-23(20)39-26-21(30)14-19(17-33-26)34-28(36)29(10-11-29)27(35)32-12-8-18-6-4-3-5-7-18/h3-7,9,13-14,16-17,24H,8,10-12,15H2,1-2H3,(H,32,35)(H,34,36). The van der Waals surface area contributed by atoms with Gasteiger partial charge in [-0.05, 0) is 37.0 Å². The maximum Gasteiger partial charge on any atom is 0.240 e. The summed E-state index contributed by atoms with van der Waals surface area (Å²) in [6.45, 7) is 0.462. The second-order valence-corrected chi connectivity index (χ2v) is 9.90. The number of fused-ring (bicyclic) bond motifs is 1. The van der Waals surface area contributed by atoms with Gasteiger partial charge in [0.15, 0.2) is 0 Å². The molecule has 1 unspecified atom stereocenters. The van der Waals surface area contributed by atoms with Crippen molar-refractivity contribution in [2.45, 2.75) is 31.8 Å². The molecule has 2 N–H and O–H groups in total. The number of hydrogen-bond acceptors (Lipinski definition) is 7. The molecule has 0 radical (unpaired) electrons. The van der Waals surface area contributed by atoms with Crippen LogP contribution in [0.4, 0.5) is 5.69 Å². The van der Waals surface area contributed by atoms with E-state index in [0.717, 1.165) is 16.8 Å². The lowest BCUT2D eigenvalue weighted by atomic mass is 9.97. The molecule has 1 atom stereocenters. The molecule has 1 fully saturated rings. The number of methoxy groups -OCH3 is 2. The molecule has 1 saturated carbocycles. The Labute approximate surface area is 231 Å². The summed E-state index contributed by atoms with van der Waals surface area (Å²) < 4.78 is 17.0. The normalized spacial score (nSPS) is 16.9. The van der Waals surface area contributed by atoms with E-state index in [1.807, 2.05) is 36.4 Å². The third-order valence-corrected chi connectivity index (χ3v) is 7.26. The second kappa shape index (κ2) is 11.4. The van der Waals surface area contributed by atoms with Crippen molar-refractivity contribution in [2.24, 2.45) is 5.41 Å².